The molecule has 4 N–H and O–H groups in total. The van der Waals surface area contributed by atoms with Crippen LogP contribution in [0.5, 0.6) is 11.5 Å². The number of hydrogen-bond donors (Lipinski definition) is 4. The topological polar surface area (TPSA) is 267 Å². The van der Waals surface area contributed by atoms with Gasteiger partial charge in [0.1, 0.15) is 88.0 Å². The molecule has 0 radical (unpaired) electrons. The highest BCUT2D eigenvalue weighted by Crippen LogP contribution is 2.42. The van der Waals surface area contributed by atoms with Crippen LogP contribution in [-0.4, -0.2) is 133 Å². The number of halogens is 4. The van der Waals surface area contributed by atoms with Crippen LogP contribution in [0.25, 0.3) is 11.4 Å². The molecule has 2 unspecified atom stereocenters. The molecule has 2 aliphatic rings. The molecule has 2 aliphatic heterocycles. The van der Waals surface area contributed by atoms with Gasteiger partial charge in [-0.2, -0.15) is 20.4 Å². The van der Waals surface area contributed by atoms with E-state index in [4.69, 9.17) is 74.8 Å². The zero-order valence-electron chi connectivity index (χ0n) is 52.9. The van der Waals surface area contributed by atoms with Crippen LogP contribution >= 0.6 is 46.4 Å². The first-order chi connectivity index (χ1) is 46.5. The fourth-order valence-corrected chi connectivity index (χ4v) is 11.8. The summed E-state index contributed by atoms with van der Waals surface area (Å²) in [6.45, 7) is 11.1. The first-order valence-electron chi connectivity index (χ1n) is 31.1. The van der Waals surface area contributed by atoms with Gasteiger partial charge in [0, 0.05) is 45.6 Å². The molecule has 0 aliphatic carbocycles. The molecule has 6 atom stereocenters. The van der Waals surface area contributed by atoms with Gasteiger partial charge in [0.2, 0.25) is 11.6 Å². The van der Waals surface area contributed by atoms with Crippen molar-refractivity contribution in [2.75, 3.05) is 73.4 Å². The van der Waals surface area contributed by atoms with Crippen LogP contribution in [0.4, 0.5) is 22.7 Å². The lowest BCUT2D eigenvalue weighted by molar-refractivity contribution is -0.191. The summed E-state index contributed by atoms with van der Waals surface area (Å²) < 4.78 is 46.5. The number of nitrogens with zero attached hydrogens (tertiary/aromatic N) is 14. The van der Waals surface area contributed by atoms with Crippen molar-refractivity contribution in [1.29, 1.82) is 0 Å². The Bertz CT molecular complexity index is 3970. The summed E-state index contributed by atoms with van der Waals surface area (Å²) in [6, 6.07) is 39.6. The summed E-state index contributed by atoms with van der Waals surface area (Å²) in [5.74, 6) is -1.17. The Morgan fingerprint density at radius 2 is 0.948 bits per heavy atom. The van der Waals surface area contributed by atoms with Gasteiger partial charge in [0.25, 0.3) is 0 Å². The van der Waals surface area contributed by atoms with Crippen LogP contribution in [0.15, 0.2) is 181 Å². The van der Waals surface area contributed by atoms with Gasteiger partial charge in [-0.3, -0.25) is 20.5 Å². The fraction of sp³-hybridized carbons (Fsp3) is 0.333. The molecule has 504 valence electrons. The number of benzene rings is 6. The van der Waals surface area contributed by atoms with E-state index in [0.717, 1.165) is 45.7 Å². The van der Waals surface area contributed by atoms with Gasteiger partial charge in [0.15, 0.2) is 0 Å². The monoisotopic (exact) mass is 1390 g/mol. The molecular weight excluding hydrogens is 1320 g/mol. The number of nitrogens with one attached hydrogen (secondary N) is 2. The maximum absolute atomic E-state index is 12.7. The SMILES string of the molecule is CCC(C)n1ncn(-c2ccc(NCCN(O)c3ccc(OC[C@@H]4CO[C@@](Cn5cncn5)(c5ccc(Cl)cc5Cl)O4)cc3)cc2)c1=O.CCC(C)n1ncn(-c2ccc(NCCN(O)c3ccc(OC[C@H]4CO[C@](Cn5cncn5)(c5ccc(Cl)cc5Cl)O4)cc3)cc2)c1=O. The minimum Gasteiger partial charge on any atom is -0.491 e. The molecule has 4 aromatic heterocycles. The van der Waals surface area contributed by atoms with E-state index in [-0.39, 0.29) is 63.0 Å². The van der Waals surface area contributed by atoms with E-state index in [0.29, 0.717) is 80.3 Å². The van der Waals surface area contributed by atoms with E-state index in [2.05, 4.69) is 41.0 Å². The summed E-state index contributed by atoms with van der Waals surface area (Å²) in [4.78, 5) is 33.4. The van der Waals surface area contributed by atoms with Crippen molar-refractivity contribution >= 4 is 69.2 Å². The lowest BCUT2D eigenvalue weighted by Gasteiger charge is -2.29. The van der Waals surface area contributed by atoms with Gasteiger partial charge in [0.05, 0.1) is 71.2 Å². The standard InChI is InChI=1S/2C33H36Cl2N8O5/c2*1-3-23(2)43-32(44)41(22-39-43)26-7-5-25(6-8-26)37-14-15-42(45)27-9-11-28(12-10-27)46-17-29-18-47-33(48-29,19-40-21-36-20-38-40)30-13-4-24(34)16-31(30)35/h2*4-13,16,20-23,29,37,45H,3,14-15,17-19H2,1-2H3/t2*23?,29-,33-/m10/s1. The van der Waals surface area contributed by atoms with Crippen molar-refractivity contribution in [3.8, 4) is 22.9 Å². The Morgan fingerprint density at radius 1 is 0.552 bits per heavy atom. The predicted octanol–water partition coefficient (Wildman–Crippen LogP) is 11.1. The van der Waals surface area contributed by atoms with E-state index >= 15 is 0 Å². The van der Waals surface area contributed by atoms with Crippen LogP contribution in [0.3, 0.4) is 0 Å². The second-order valence-electron chi connectivity index (χ2n) is 22.8. The third-order valence-electron chi connectivity index (χ3n) is 16.2. The number of ether oxygens (including phenoxy) is 6. The van der Waals surface area contributed by atoms with Crippen molar-refractivity contribution in [2.45, 2.75) is 89.5 Å². The third-order valence-corrected chi connectivity index (χ3v) is 17.3. The van der Waals surface area contributed by atoms with E-state index in [1.807, 2.05) is 76.2 Å². The summed E-state index contributed by atoms with van der Waals surface area (Å²) in [5, 5.41) is 48.9. The molecule has 6 aromatic carbocycles. The average Bonchev–Trinajstić information content (AvgIpc) is 1.57. The molecular formula is C66H72Cl4N16O10. The van der Waals surface area contributed by atoms with Gasteiger partial charge in [-0.25, -0.2) is 47.4 Å². The summed E-state index contributed by atoms with van der Waals surface area (Å²) in [6.07, 6.45) is 9.99. The number of hydroxylamine groups is 2. The first kappa shape index (κ1) is 68.6. The minimum absolute atomic E-state index is 0.0337. The fourth-order valence-electron chi connectivity index (χ4n) is 10.7. The van der Waals surface area contributed by atoms with Crippen molar-refractivity contribution in [2.24, 2.45) is 0 Å². The Kier molecular flexibility index (Phi) is 22.4. The molecule has 2 saturated heterocycles. The van der Waals surface area contributed by atoms with E-state index in [1.54, 1.807) is 120 Å². The summed E-state index contributed by atoms with van der Waals surface area (Å²) in [7, 11) is 0. The van der Waals surface area contributed by atoms with Gasteiger partial charge in [-0.05, 0) is 148 Å². The number of aromatic nitrogens is 12. The lowest BCUT2D eigenvalue weighted by atomic mass is 10.1. The highest BCUT2D eigenvalue weighted by Gasteiger charge is 2.47. The van der Waals surface area contributed by atoms with Crippen LogP contribution in [0.1, 0.15) is 63.7 Å². The van der Waals surface area contributed by atoms with Crippen molar-refractivity contribution in [1.82, 2.24) is 58.2 Å². The Balaban J connectivity index is 0.000000195. The molecule has 26 nitrogen and oxygen atoms in total. The number of rotatable bonds is 28. The van der Waals surface area contributed by atoms with Crippen LogP contribution in [-0.2, 0) is 43.6 Å². The third kappa shape index (κ3) is 16.5. The maximum atomic E-state index is 12.7. The van der Waals surface area contributed by atoms with E-state index in [9.17, 15) is 20.0 Å². The smallest absolute Gasteiger partial charge is 0.350 e. The maximum Gasteiger partial charge on any atom is 0.350 e. The van der Waals surface area contributed by atoms with Crippen LogP contribution < -0.4 is 41.6 Å². The van der Waals surface area contributed by atoms with E-state index < -0.39 is 23.8 Å². The molecule has 6 heterocycles. The molecule has 96 heavy (non-hydrogen) atoms. The molecule has 0 bridgehead atoms. The molecule has 0 saturated carbocycles. The molecule has 10 aromatic rings. The molecule has 30 heteroatoms. The zero-order chi connectivity index (χ0) is 67.3. The van der Waals surface area contributed by atoms with Gasteiger partial charge in [-0.1, -0.05) is 72.4 Å². The highest BCUT2D eigenvalue weighted by molar-refractivity contribution is 6.35. The lowest BCUT2D eigenvalue weighted by Crippen LogP contribution is -2.35. The van der Waals surface area contributed by atoms with Gasteiger partial charge >= 0.3 is 11.4 Å². The van der Waals surface area contributed by atoms with Crippen molar-refractivity contribution in [3.05, 3.63) is 224 Å². The van der Waals surface area contributed by atoms with Gasteiger partial charge < -0.3 is 39.1 Å². The van der Waals surface area contributed by atoms with E-state index in [1.165, 1.54) is 31.2 Å². The Morgan fingerprint density at radius 3 is 1.30 bits per heavy atom. The Hall–Kier alpha value is -8.80. The molecule has 0 spiro atoms. The summed E-state index contributed by atoms with van der Waals surface area (Å²) >= 11 is 25.3. The van der Waals surface area contributed by atoms with Gasteiger partial charge in [-0.15, -0.1) is 0 Å². The average molecular weight is 1390 g/mol. The summed E-state index contributed by atoms with van der Waals surface area (Å²) in [5.41, 5.74) is 5.34. The molecule has 0 amide bonds. The minimum atomic E-state index is -1.20. The molecule has 2 fully saturated rings. The predicted molar refractivity (Wildman–Crippen MR) is 363 cm³/mol. The number of hydrogen-bond acceptors (Lipinski definition) is 20. The second kappa shape index (κ2) is 31.4. The normalized spacial score (nSPS) is 18.1. The second-order valence-corrected chi connectivity index (χ2v) is 24.5. The van der Waals surface area contributed by atoms with Crippen molar-refractivity contribution in [3.63, 3.8) is 0 Å². The first-order valence-corrected chi connectivity index (χ1v) is 32.6. The highest BCUT2D eigenvalue weighted by atomic mass is 35.5. The quantitative estimate of drug-likeness (QED) is 0.0332. The van der Waals surface area contributed by atoms with Crippen LogP contribution in [0, 0.1) is 0 Å². The molecule has 12 rings (SSSR count). The van der Waals surface area contributed by atoms with Crippen LogP contribution in [0.2, 0.25) is 20.1 Å². The largest absolute Gasteiger partial charge is 0.491 e. The van der Waals surface area contributed by atoms with Crippen molar-refractivity contribution < 1.29 is 38.8 Å². The zero-order valence-corrected chi connectivity index (χ0v) is 55.9. The Labute approximate surface area is 572 Å². The number of anilines is 4.